The molecule has 0 aliphatic heterocycles. The molecule has 2 aromatic carbocycles. The predicted molar refractivity (Wildman–Crippen MR) is 86.1 cm³/mol. The fraction of sp³-hybridized carbons (Fsp3) is 0.188. The number of nitrogens with one attached hydrogen (secondary N) is 1. The van der Waals surface area contributed by atoms with E-state index in [2.05, 4.69) is 11.4 Å². The lowest BCUT2D eigenvalue weighted by Crippen LogP contribution is -2.15. The molecule has 0 saturated heterocycles. The van der Waals surface area contributed by atoms with Gasteiger partial charge in [-0.3, -0.25) is 4.79 Å². The average Bonchev–Trinajstić information content (AvgIpc) is 2.43. The smallest absolute Gasteiger partial charge is 0.234 e. The first-order valence-corrected chi connectivity index (χ1v) is 7.49. The SMILES string of the molecule is Cc1ccc(C)c(SCC(=O)Nc2ccc(F)cc2N)c1. The van der Waals surface area contributed by atoms with Gasteiger partial charge in [-0.1, -0.05) is 17.7 Å². The first-order valence-electron chi connectivity index (χ1n) is 6.50. The van der Waals surface area contributed by atoms with Gasteiger partial charge in [0.25, 0.3) is 0 Å². The minimum absolute atomic E-state index is 0.167. The molecule has 2 aromatic rings. The number of halogens is 1. The van der Waals surface area contributed by atoms with E-state index in [0.29, 0.717) is 5.69 Å². The Labute approximate surface area is 127 Å². The molecule has 5 heteroatoms. The number of hydrogen-bond acceptors (Lipinski definition) is 3. The van der Waals surface area contributed by atoms with Gasteiger partial charge in [-0.25, -0.2) is 4.39 Å². The normalized spacial score (nSPS) is 10.4. The van der Waals surface area contributed by atoms with Crippen LogP contribution < -0.4 is 11.1 Å². The Balaban J connectivity index is 1.97. The molecule has 0 spiro atoms. The Morgan fingerprint density at radius 1 is 1.24 bits per heavy atom. The standard InChI is InChI=1S/C16H17FN2OS/c1-10-3-4-11(2)15(7-10)21-9-16(20)19-14-6-5-12(17)8-13(14)18/h3-8H,9,18H2,1-2H3,(H,19,20). The number of thioether (sulfide) groups is 1. The lowest BCUT2D eigenvalue weighted by atomic mass is 10.2. The van der Waals surface area contributed by atoms with Crippen molar-refractivity contribution in [3.05, 3.63) is 53.3 Å². The van der Waals surface area contributed by atoms with Gasteiger partial charge in [0.15, 0.2) is 0 Å². The van der Waals surface area contributed by atoms with Crippen molar-refractivity contribution in [3.63, 3.8) is 0 Å². The third-order valence-corrected chi connectivity index (χ3v) is 4.15. The summed E-state index contributed by atoms with van der Waals surface area (Å²) in [6.07, 6.45) is 0. The molecule has 0 atom stereocenters. The van der Waals surface area contributed by atoms with Crippen molar-refractivity contribution in [2.45, 2.75) is 18.7 Å². The van der Waals surface area contributed by atoms with Crippen LogP contribution in [-0.2, 0) is 4.79 Å². The number of rotatable bonds is 4. The van der Waals surface area contributed by atoms with Crippen LogP contribution in [0.25, 0.3) is 0 Å². The van der Waals surface area contributed by atoms with Crippen molar-refractivity contribution in [2.24, 2.45) is 0 Å². The number of carbonyl (C=O) groups excluding carboxylic acids is 1. The van der Waals surface area contributed by atoms with Gasteiger partial charge in [0, 0.05) is 4.90 Å². The van der Waals surface area contributed by atoms with Crippen molar-refractivity contribution in [1.82, 2.24) is 0 Å². The molecule has 0 heterocycles. The first-order chi connectivity index (χ1) is 9.95. The minimum atomic E-state index is -0.421. The van der Waals surface area contributed by atoms with E-state index < -0.39 is 5.82 Å². The van der Waals surface area contributed by atoms with E-state index in [-0.39, 0.29) is 17.3 Å². The van der Waals surface area contributed by atoms with Crippen molar-refractivity contribution in [3.8, 4) is 0 Å². The molecule has 0 unspecified atom stereocenters. The van der Waals surface area contributed by atoms with Gasteiger partial charge in [-0.15, -0.1) is 11.8 Å². The maximum Gasteiger partial charge on any atom is 0.234 e. The number of aryl methyl sites for hydroxylation is 2. The second-order valence-corrected chi connectivity index (χ2v) is 5.85. The summed E-state index contributed by atoms with van der Waals surface area (Å²) in [5.41, 5.74) is 8.61. The van der Waals surface area contributed by atoms with Crippen molar-refractivity contribution in [2.75, 3.05) is 16.8 Å². The van der Waals surface area contributed by atoms with Crippen LogP contribution >= 0.6 is 11.8 Å². The molecular formula is C16H17FN2OS. The van der Waals surface area contributed by atoms with E-state index in [1.165, 1.54) is 30.0 Å². The Bertz CT molecular complexity index is 673. The van der Waals surface area contributed by atoms with Gasteiger partial charge in [0.1, 0.15) is 5.82 Å². The number of benzene rings is 2. The van der Waals surface area contributed by atoms with E-state index in [9.17, 15) is 9.18 Å². The molecule has 0 saturated carbocycles. The van der Waals surface area contributed by atoms with E-state index in [1.54, 1.807) is 0 Å². The summed E-state index contributed by atoms with van der Waals surface area (Å²) in [6, 6.07) is 10.0. The summed E-state index contributed by atoms with van der Waals surface area (Å²) in [5.74, 6) is -0.310. The van der Waals surface area contributed by atoms with Gasteiger partial charge >= 0.3 is 0 Å². The number of nitrogen functional groups attached to an aromatic ring is 1. The van der Waals surface area contributed by atoms with Crippen molar-refractivity contribution < 1.29 is 9.18 Å². The third-order valence-electron chi connectivity index (χ3n) is 2.99. The summed E-state index contributed by atoms with van der Waals surface area (Å²) in [6.45, 7) is 4.03. The molecule has 110 valence electrons. The average molecular weight is 304 g/mol. The molecule has 0 aromatic heterocycles. The van der Waals surface area contributed by atoms with E-state index in [1.807, 2.05) is 26.0 Å². The summed E-state index contributed by atoms with van der Waals surface area (Å²) in [7, 11) is 0. The molecule has 0 radical (unpaired) electrons. The molecule has 3 nitrogen and oxygen atoms in total. The van der Waals surface area contributed by atoms with Crippen LogP contribution in [0.15, 0.2) is 41.3 Å². The van der Waals surface area contributed by atoms with Crippen molar-refractivity contribution in [1.29, 1.82) is 0 Å². The maximum atomic E-state index is 12.9. The van der Waals surface area contributed by atoms with Crippen LogP contribution in [0.1, 0.15) is 11.1 Å². The molecule has 3 N–H and O–H groups in total. The van der Waals surface area contributed by atoms with Gasteiger partial charge in [-0.05, 0) is 43.7 Å². The molecule has 0 bridgehead atoms. The molecule has 21 heavy (non-hydrogen) atoms. The zero-order chi connectivity index (χ0) is 15.4. The van der Waals surface area contributed by atoms with E-state index in [0.717, 1.165) is 16.0 Å². The second kappa shape index (κ2) is 6.63. The summed E-state index contributed by atoms with van der Waals surface area (Å²) in [5, 5.41) is 2.69. The number of nitrogens with two attached hydrogens (primary N) is 1. The second-order valence-electron chi connectivity index (χ2n) is 4.84. The Kier molecular flexibility index (Phi) is 4.85. The summed E-state index contributed by atoms with van der Waals surface area (Å²) < 4.78 is 12.9. The highest BCUT2D eigenvalue weighted by Crippen LogP contribution is 2.24. The fourth-order valence-electron chi connectivity index (χ4n) is 1.84. The van der Waals surface area contributed by atoms with Gasteiger partial charge in [0.05, 0.1) is 17.1 Å². The molecular weight excluding hydrogens is 287 g/mol. The topological polar surface area (TPSA) is 55.1 Å². The molecule has 0 fully saturated rings. The van der Waals surface area contributed by atoms with Crippen LogP contribution in [0.5, 0.6) is 0 Å². The van der Waals surface area contributed by atoms with Crippen LogP contribution in [0.2, 0.25) is 0 Å². The number of hydrogen-bond donors (Lipinski definition) is 2. The third kappa shape index (κ3) is 4.23. The Hall–Kier alpha value is -2.01. The number of anilines is 2. The van der Waals surface area contributed by atoms with Crippen LogP contribution in [0.3, 0.4) is 0 Å². The quantitative estimate of drug-likeness (QED) is 0.668. The summed E-state index contributed by atoms with van der Waals surface area (Å²) >= 11 is 1.47. The van der Waals surface area contributed by atoms with Gasteiger partial charge < -0.3 is 11.1 Å². The highest BCUT2D eigenvalue weighted by Gasteiger charge is 2.08. The number of carbonyl (C=O) groups is 1. The lowest BCUT2D eigenvalue weighted by Gasteiger charge is -2.09. The molecule has 2 rings (SSSR count). The zero-order valence-corrected chi connectivity index (χ0v) is 12.8. The molecule has 0 aliphatic rings. The maximum absolute atomic E-state index is 12.9. The van der Waals surface area contributed by atoms with Gasteiger partial charge in [-0.2, -0.15) is 0 Å². The van der Waals surface area contributed by atoms with Crippen LogP contribution in [0.4, 0.5) is 15.8 Å². The highest BCUT2D eigenvalue weighted by atomic mass is 32.2. The fourth-order valence-corrected chi connectivity index (χ4v) is 2.76. The van der Waals surface area contributed by atoms with Crippen LogP contribution in [0, 0.1) is 19.7 Å². The monoisotopic (exact) mass is 304 g/mol. The zero-order valence-electron chi connectivity index (χ0n) is 11.9. The van der Waals surface area contributed by atoms with Crippen LogP contribution in [-0.4, -0.2) is 11.7 Å². The largest absolute Gasteiger partial charge is 0.397 e. The molecule has 0 aliphatic carbocycles. The predicted octanol–water partition coefficient (Wildman–Crippen LogP) is 3.76. The highest BCUT2D eigenvalue weighted by molar-refractivity contribution is 8.00. The Morgan fingerprint density at radius 3 is 2.71 bits per heavy atom. The van der Waals surface area contributed by atoms with Gasteiger partial charge in [0.2, 0.25) is 5.91 Å². The minimum Gasteiger partial charge on any atom is -0.397 e. The Morgan fingerprint density at radius 2 is 2.00 bits per heavy atom. The van der Waals surface area contributed by atoms with E-state index in [4.69, 9.17) is 5.73 Å². The number of amides is 1. The lowest BCUT2D eigenvalue weighted by molar-refractivity contribution is -0.113. The molecule has 1 amide bonds. The van der Waals surface area contributed by atoms with Crippen molar-refractivity contribution >= 4 is 29.0 Å². The summed E-state index contributed by atoms with van der Waals surface area (Å²) in [4.78, 5) is 13.0. The first kappa shape index (κ1) is 15.4. The van der Waals surface area contributed by atoms with E-state index >= 15 is 0 Å².